The fourth-order valence-electron chi connectivity index (χ4n) is 3.66. The molecule has 0 amide bonds. The van der Waals surface area contributed by atoms with Gasteiger partial charge in [-0.05, 0) is 23.6 Å². The van der Waals surface area contributed by atoms with Crippen LogP contribution in [0.5, 0.6) is 0 Å². The van der Waals surface area contributed by atoms with Crippen LogP contribution >= 0.6 is 11.6 Å². The van der Waals surface area contributed by atoms with Gasteiger partial charge in [0.05, 0.1) is 5.69 Å². The maximum Gasteiger partial charge on any atom is 0.234 e. The second-order valence-corrected chi connectivity index (χ2v) is 7.55. The molecule has 0 radical (unpaired) electrons. The maximum absolute atomic E-state index is 9.32. The first-order chi connectivity index (χ1) is 14.2. The third-order valence-corrected chi connectivity index (χ3v) is 5.50. The SMILES string of the molecule is N#Cc1nc2c(c(NCCc3ccccc3Cl)n1)CN(Cc1ccccc1)CC2. The van der Waals surface area contributed by atoms with E-state index in [9.17, 15) is 5.26 Å². The fraction of sp³-hybridized carbons (Fsp3) is 0.261. The molecule has 146 valence electrons. The highest BCUT2D eigenvalue weighted by atomic mass is 35.5. The van der Waals surface area contributed by atoms with Gasteiger partial charge in [-0.3, -0.25) is 4.90 Å². The molecule has 5 nitrogen and oxygen atoms in total. The minimum absolute atomic E-state index is 0.223. The number of benzene rings is 2. The molecular weight excluding hydrogens is 382 g/mol. The van der Waals surface area contributed by atoms with Crippen LogP contribution in [0, 0.1) is 11.3 Å². The highest BCUT2D eigenvalue weighted by Gasteiger charge is 2.22. The van der Waals surface area contributed by atoms with Gasteiger partial charge >= 0.3 is 0 Å². The van der Waals surface area contributed by atoms with Crippen molar-refractivity contribution in [2.75, 3.05) is 18.4 Å². The van der Waals surface area contributed by atoms with Gasteiger partial charge in [0.25, 0.3) is 0 Å². The molecule has 0 aliphatic carbocycles. The van der Waals surface area contributed by atoms with Gasteiger partial charge in [-0.2, -0.15) is 5.26 Å². The lowest BCUT2D eigenvalue weighted by atomic mass is 10.0. The second kappa shape index (κ2) is 9.04. The number of hydrogen-bond acceptors (Lipinski definition) is 5. The van der Waals surface area contributed by atoms with Crippen molar-refractivity contribution in [1.29, 1.82) is 5.26 Å². The third-order valence-electron chi connectivity index (χ3n) is 5.13. The van der Waals surface area contributed by atoms with E-state index in [1.165, 1.54) is 5.56 Å². The summed E-state index contributed by atoms with van der Waals surface area (Å²) in [6, 6.07) is 20.4. The molecular formula is C23H22ClN5. The zero-order valence-electron chi connectivity index (χ0n) is 16.1. The van der Waals surface area contributed by atoms with E-state index in [4.69, 9.17) is 11.6 Å². The zero-order valence-corrected chi connectivity index (χ0v) is 16.9. The normalized spacial score (nSPS) is 13.5. The summed E-state index contributed by atoms with van der Waals surface area (Å²) >= 11 is 6.26. The van der Waals surface area contributed by atoms with Crippen molar-refractivity contribution in [3.05, 3.63) is 87.8 Å². The van der Waals surface area contributed by atoms with E-state index >= 15 is 0 Å². The van der Waals surface area contributed by atoms with Crippen molar-refractivity contribution in [2.24, 2.45) is 0 Å². The van der Waals surface area contributed by atoms with E-state index in [1.807, 2.05) is 30.3 Å². The van der Waals surface area contributed by atoms with Crippen LogP contribution in [0.1, 0.15) is 28.2 Å². The zero-order chi connectivity index (χ0) is 20.1. The molecule has 4 rings (SSSR count). The van der Waals surface area contributed by atoms with Gasteiger partial charge in [0.15, 0.2) is 0 Å². The first-order valence-electron chi connectivity index (χ1n) is 9.76. The smallest absolute Gasteiger partial charge is 0.234 e. The van der Waals surface area contributed by atoms with E-state index in [1.54, 1.807) is 0 Å². The van der Waals surface area contributed by atoms with Gasteiger partial charge < -0.3 is 5.32 Å². The van der Waals surface area contributed by atoms with Crippen LogP contribution in [0.3, 0.4) is 0 Å². The average molecular weight is 404 g/mol. The topological polar surface area (TPSA) is 64.8 Å². The summed E-state index contributed by atoms with van der Waals surface area (Å²) in [6.45, 7) is 3.27. The third kappa shape index (κ3) is 4.73. The maximum atomic E-state index is 9.32. The molecule has 1 aliphatic rings. The second-order valence-electron chi connectivity index (χ2n) is 7.15. The number of rotatable bonds is 6. The van der Waals surface area contributed by atoms with Gasteiger partial charge in [0.1, 0.15) is 11.9 Å². The van der Waals surface area contributed by atoms with Gasteiger partial charge in [-0.15, -0.1) is 0 Å². The van der Waals surface area contributed by atoms with Crippen LogP contribution in [-0.4, -0.2) is 28.0 Å². The summed E-state index contributed by atoms with van der Waals surface area (Å²) < 4.78 is 0. The van der Waals surface area contributed by atoms with Crippen molar-refractivity contribution >= 4 is 17.4 Å². The number of aromatic nitrogens is 2. The van der Waals surface area contributed by atoms with E-state index in [0.717, 1.165) is 60.1 Å². The molecule has 0 saturated heterocycles. The van der Waals surface area contributed by atoms with Gasteiger partial charge in [-0.1, -0.05) is 60.1 Å². The number of anilines is 1. The highest BCUT2D eigenvalue weighted by Crippen LogP contribution is 2.25. The van der Waals surface area contributed by atoms with Crippen molar-refractivity contribution in [3.63, 3.8) is 0 Å². The summed E-state index contributed by atoms with van der Waals surface area (Å²) in [5.74, 6) is 0.983. The van der Waals surface area contributed by atoms with E-state index in [2.05, 4.69) is 50.5 Å². The standard InChI is InChI=1S/C23H22ClN5/c24-20-9-5-4-8-18(20)10-12-26-23-19-16-29(15-17-6-2-1-3-7-17)13-11-21(19)27-22(14-25)28-23/h1-9H,10-13,15-16H2,(H,26,27,28). The van der Waals surface area contributed by atoms with Gasteiger partial charge in [0, 0.05) is 43.2 Å². The van der Waals surface area contributed by atoms with Crippen LogP contribution in [-0.2, 0) is 25.9 Å². The van der Waals surface area contributed by atoms with Crippen molar-refractivity contribution in [3.8, 4) is 6.07 Å². The van der Waals surface area contributed by atoms with Crippen molar-refractivity contribution in [2.45, 2.75) is 25.9 Å². The molecule has 0 saturated carbocycles. The van der Waals surface area contributed by atoms with Crippen LogP contribution in [0.4, 0.5) is 5.82 Å². The molecule has 1 aromatic heterocycles. The molecule has 29 heavy (non-hydrogen) atoms. The molecule has 0 atom stereocenters. The van der Waals surface area contributed by atoms with E-state index < -0.39 is 0 Å². The molecule has 0 fully saturated rings. The summed E-state index contributed by atoms with van der Waals surface area (Å²) in [4.78, 5) is 11.3. The lowest BCUT2D eigenvalue weighted by molar-refractivity contribution is 0.243. The molecule has 6 heteroatoms. The van der Waals surface area contributed by atoms with E-state index in [-0.39, 0.29) is 5.82 Å². The fourth-order valence-corrected chi connectivity index (χ4v) is 3.89. The molecule has 0 spiro atoms. The summed E-state index contributed by atoms with van der Waals surface area (Å²) in [6.07, 6.45) is 1.60. The van der Waals surface area contributed by atoms with Crippen molar-refractivity contribution < 1.29 is 0 Å². The summed E-state index contributed by atoms with van der Waals surface area (Å²) in [5.41, 5.74) is 4.45. The largest absolute Gasteiger partial charge is 0.369 e. The number of nitrogens with zero attached hydrogens (tertiary/aromatic N) is 4. The predicted octanol–water partition coefficient (Wildman–Crippen LogP) is 4.21. The monoisotopic (exact) mass is 403 g/mol. The van der Waals surface area contributed by atoms with Crippen LogP contribution in [0.15, 0.2) is 54.6 Å². The molecule has 1 aliphatic heterocycles. The molecule has 1 N–H and O–H groups in total. The van der Waals surface area contributed by atoms with Crippen LogP contribution in [0.2, 0.25) is 5.02 Å². The number of fused-ring (bicyclic) bond motifs is 1. The number of hydrogen-bond donors (Lipinski definition) is 1. The van der Waals surface area contributed by atoms with Crippen LogP contribution in [0.25, 0.3) is 0 Å². The number of nitrogens with one attached hydrogen (secondary N) is 1. The number of nitriles is 1. The van der Waals surface area contributed by atoms with Crippen LogP contribution < -0.4 is 5.32 Å². The Labute approximate surface area is 176 Å². The Morgan fingerprint density at radius 2 is 1.86 bits per heavy atom. The molecule has 0 bridgehead atoms. The Kier molecular flexibility index (Phi) is 6.04. The Hall–Kier alpha value is -2.94. The first kappa shape index (κ1) is 19.4. The quantitative estimate of drug-likeness (QED) is 0.667. The number of halogens is 1. The lowest BCUT2D eigenvalue weighted by Crippen LogP contribution is -2.32. The first-order valence-corrected chi connectivity index (χ1v) is 10.1. The van der Waals surface area contributed by atoms with Gasteiger partial charge in [-0.25, -0.2) is 9.97 Å². The highest BCUT2D eigenvalue weighted by molar-refractivity contribution is 6.31. The Morgan fingerprint density at radius 3 is 2.66 bits per heavy atom. The Balaban J connectivity index is 1.50. The molecule has 3 aromatic rings. The lowest BCUT2D eigenvalue weighted by Gasteiger charge is -2.29. The minimum atomic E-state index is 0.223. The average Bonchev–Trinajstić information content (AvgIpc) is 2.76. The van der Waals surface area contributed by atoms with E-state index in [0.29, 0.717) is 6.54 Å². The molecule has 2 heterocycles. The summed E-state index contributed by atoms with van der Waals surface area (Å²) in [5, 5.41) is 13.5. The Bertz CT molecular complexity index is 1030. The summed E-state index contributed by atoms with van der Waals surface area (Å²) in [7, 11) is 0. The predicted molar refractivity (Wildman–Crippen MR) is 115 cm³/mol. The molecule has 0 unspecified atom stereocenters. The molecule has 2 aromatic carbocycles. The Morgan fingerprint density at radius 1 is 1.07 bits per heavy atom. The minimum Gasteiger partial charge on any atom is -0.369 e. The van der Waals surface area contributed by atoms with Crippen molar-refractivity contribution in [1.82, 2.24) is 14.9 Å². The van der Waals surface area contributed by atoms with Gasteiger partial charge in [0.2, 0.25) is 5.82 Å².